The van der Waals surface area contributed by atoms with Crippen LogP contribution >= 0.6 is 0 Å². The standard InChI is InChI=1S/C20H25N3O4S/c1-14(2)16-9-11-17(12-10-16)23(28(4,26)27)13-20(25)22-21-15(3)18-7-5-6-8-19(18)24/h5-12,14,24H,13H2,1-4H3,(H,22,25)/b21-15-. The van der Waals surface area contributed by atoms with Crippen LogP contribution in [-0.2, 0) is 14.8 Å². The van der Waals surface area contributed by atoms with Gasteiger partial charge in [-0.25, -0.2) is 13.8 Å². The number of nitrogens with zero attached hydrogens (tertiary/aromatic N) is 2. The summed E-state index contributed by atoms with van der Waals surface area (Å²) in [6.45, 7) is 5.31. The molecule has 0 bridgehead atoms. The molecule has 0 spiro atoms. The zero-order valence-corrected chi connectivity index (χ0v) is 17.2. The fraction of sp³-hybridized carbons (Fsp3) is 0.300. The van der Waals surface area contributed by atoms with Gasteiger partial charge in [-0.15, -0.1) is 0 Å². The minimum Gasteiger partial charge on any atom is -0.507 e. The van der Waals surface area contributed by atoms with Crippen molar-refractivity contribution in [3.05, 3.63) is 59.7 Å². The lowest BCUT2D eigenvalue weighted by molar-refractivity contribution is -0.119. The molecule has 0 aliphatic carbocycles. The Hall–Kier alpha value is -2.87. The highest BCUT2D eigenvalue weighted by Gasteiger charge is 2.21. The van der Waals surface area contributed by atoms with Crippen LogP contribution in [-0.4, -0.2) is 37.9 Å². The van der Waals surface area contributed by atoms with E-state index in [4.69, 9.17) is 0 Å². The van der Waals surface area contributed by atoms with Gasteiger partial charge in [0, 0.05) is 5.56 Å². The number of aromatic hydroxyl groups is 1. The van der Waals surface area contributed by atoms with Crippen molar-refractivity contribution < 1.29 is 18.3 Å². The molecule has 0 unspecified atom stereocenters. The molecule has 0 aromatic heterocycles. The van der Waals surface area contributed by atoms with E-state index >= 15 is 0 Å². The van der Waals surface area contributed by atoms with E-state index in [0.717, 1.165) is 16.1 Å². The summed E-state index contributed by atoms with van der Waals surface area (Å²) in [5, 5.41) is 13.8. The monoisotopic (exact) mass is 403 g/mol. The molecule has 8 heteroatoms. The molecule has 1 amide bonds. The van der Waals surface area contributed by atoms with Gasteiger partial charge in [0.2, 0.25) is 10.0 Å². The van der Waals surface area contributed by atoms with Crippen LogP contribution in [0.2, 0.25) is 0 Å². The van der Waals surface area contributed by atoms with Gasteiger partial charge in [0.15, 0.2) is 0 Å². The summed E-state index contributed by atoms with van der Waals surface area (Å²) in [6.07, 6.45) is 1.05. The first kappa shape index (κ1) is 21.4. The van der Waals surface area contributed by atoms with Gasteiger partial charge in [0.1, 0.15) is 12.3 Å². The van der Waals surface area contributed by atoms with Crippen molar-refractivity contribution in [2.24, 2.45) is 5.10 Å². The number of nitrogens with one attached hydrogen (secondary N) is 1. The SMILES string of the molecule is C/C(=N/NC(=O)CN(c1ccc(C(C)C)cc1)S(C)(=O)=O)c1ccccc1O. The van der Waals surface area contributed by atoms with E-state index < -0.39 is 22.5 Å². The Morgan fingerprint density at radius 2 is 1.75 bits per heavy atom. The quantitative estimate of drug-likeness (QED) is 0.548. The number of phenolic OH excluding ortho intramolecular Hbond substituents is 1. The highest BCUT2D eigenvalue weighted by molar-refractivity contribution is 7.92. The summed E-state index contributed by atoms with van der Waals surface area (Å²) in [6, 6.07) is 13.6. The van der Waals surface area contributed by atoms with Gasteiger partial charge in [-0.3, -0.25) is 9.10 Å². The van der Waals surface area contributed by atoms with Crippen molar-refractivity contribution >= 4 is 27.3 Å². The predicted octanol–water partition coefficient (Wildman–Crippen LogP) is 2.82. The Morgan fingerprint density at radius 3 is 2.29 bits per heavy atom. The van der Waals surface area contributed by atoms with Crippen LogP contribution in [0.15, 0.2) is 53.6 Å². The first-order valence-corrected chi connectivity index (χ1v) is 10.6. The zero-order chi connectivity index (χ0) is 20.9. The maximum absolute atomic E-state index is 12.3. The summed E-state index contributed by atoms with van der Waals surface area (Å²) < 4.78 is 25.4. The number of benzene rings is 2. The molecule has 0 atom stereocenters. The molecule has 2 N–H and O–H groups in total. The Morgan fingerprint density at radius 1 is 1.14 bits per heavy atom. The van der Waals surface area contributed by atoms with Gasteiger partial charge in [-0.2, -0.15) is 5.10 Å². The second-order valence-corrected chi connectivity index (χ2v) is 8.67. The molecule has 7 nitrogen and oxygen atoms in total. The van der Waals surface area contributed by atoms with E-state index in [1.807, 2.05) is 26.0 Å². The normalized spacial score (nSPS) is 12.1. The van der Waals surface area contributed by atoms with Crippen molar-refractivity contribution in [2.75, 3.05) is 17.1 Å². The molecule has 0 saturated carbocycles. The number of para-hydroxylation sites is 1. The highest BCUT2D eigenvalue weighted by atomic mass is 32.2. The smallest absolute Gasteiger partial charge is 0.260 e. The zero-order valence-electron chi connectivity index (χ0n) is 16.4. The Balaban J connectivity index is 2.15. The van der Waals surface area contributed by atoms with Crippen LogP contribution in [0.4, 0.5) is 5.69 Å². The number of phenols is 1. The first-order chi connectivity index (χ1) is 13.1. The largest absolute Gasteiger partial charge is 0.507 e. The van der Waals surface area contributed by atoms with Crippen LogP contribution in [0, 0.1) is 0 Å². The molecule has 0 aliphatic rings. The first-order valence-electron chi connectivity index (χ1n) is 8.78. The molecule has 28 heavy (non-hydrogen) atoms. The molecule has 150 valence electrons. The third kappa shape index (κ3) is 5.56. The second-order valence-electron chi connectivity index (χ2n) is 6.77. The maximum atomic E-state index is 12.3. The van der Waals surface area contributed by atoms with Crippen molar-refractivity contribution in [1.82, 2.24) is 5.43 Å². The van der Waals surface area contributed by atoms with Crippen LogP contribution < -0.4 is 9.73 Å². The number of hydrogen-bond acceptors (Lipinski definition) is 5. The molecule has 2 aromatic carbocycles. The predicted molar refractivity (Wildman–Crippen MR) is 111 cm³/mol. The maximum Gasteiger partial charge on any atom is 0.260 e. The number of rotatable bonds is 7. The van der Waals surface area contributed by atoms with Crippen LogP contribution in [0.25, 0.3) is 0 Å². The molecular weight excluding hydrogens is 378 g/mol. The molecule has 0 saturated heterocycles. The number of sulfonamides is 1. The molecule has 2 aromatic rings. The van der Waals surface area contributed by atoms with Gasteiger partial charge in [-0.1, -0.05) is 38.1 Å². The second kappa shape index (κ2) is 8.88. The lowest BCUT2D eigenvalue weighted by Crippen LogP contribution is -2.39. The summed E-state index contributed by atoms with van der Waals surface area (Å²) in [7, 11) is -3.66. The van der Waals surface area contributed by atoms with Crippen molar-refractivity contribution in [2.45, 2.75) is 26.7 Å². The van der Waals surface area contributed by atoms with E-state index in [1.54, 1.807) is 37.3 Å². The fourth-order valence-corrected chi connectivity index (χ4v) is 3.43. The molecule has 0 fully saturated rings. The summed E-state index contributed by atoms with van der Waals surface area (Å²) >= 11 is 0. The number of carbonyl (C=O) groups is 1. The van der Waals surface area contributed by atoms with Crippen LogP contribution in [0.1, 0.15) is 37.8 Å². The number of hydrogen-bond donors (Lipinski definition) is 2. The third-order valence-corrected chi connectivity index (χ3v) is 5.32. The van der Waals surface area contributed by atoms with E-state index in [2.05, 4.69) is 10.5 Å². The summed E-state index contributed by atoms with van der Waals surface area (Å²) in [5.74, 6) is -0.232. The van der Waals surface area contributed by atoms with E-state index in [0.29, 0.717) is 22.9 Å². The van der Waals surface area contributed by atoms with Gasteiger partial charge in [-0.05, 0) is 42.7 Å². The average Bonchev–Trinajstić information content (AvgIpc) is 2.63. The number of anilines is 1. The lowest BCUT2D eigenvalue weighted by atomic mass is 10.0. The Labute approximate surface area is 165 Å². The van der Waals surface area contributed by atoms with E-state index in [1.165, 1.54) is 6.07 Å². The van der Waals surface area contributed by atoms with Gasteiger partial charge in [0.05, 0.1) is 17.7 Å². The lowest BCUT2D eigenvalue weighted by Gasteiger charge is -2.22. The minimum atomic E-state index is -3.66. The minimum absolute atomic E-state index is 0.0426. The molecule has 2 rings (SSSR count). The van der Waals surface area contributed by atoms with E-state index in [9.17, 15) is 18.3 Å². The Bertz CT molecular complexity index is 967. The fourth-order valence-electron chi connectivity index (χ4n) is 2.58. The van der Waals surface area contributed by atoms with Gasteiger partial charge < -0.3 is 5.11 Å². The Kier molecular flexibility index (Phi) is 6.80. The molecular formula is C20H25N3O4S. The molecule has 0 radical (unpaired) electrons. The third-order valence-electron chi connectivity index (χ3n) is 4.18. The molecule has 0 heterocycles. The van der Waals surface area contributed by atoms with Crippen LogP contribution in [0.5, 0.6) is 5.75 Å². The highest BCUT2D eigenvalue weighted by Crippen LogP contribution is 2.22. The number of hydrazone groups is 1. The van der Waals surface area contributed by atoms with Crippen molar-refractivity contribution in [3.63, 3.8) is 0 Å². The van der Waals surface area contributed by atoms with E-state index in [-0.39, 0.29) is 5.75 Å². The summed E-state index contributed by atoms with van der Waals surface area (Å²) in [5.41, 5.74) is 4.70. The number of carbonyl (C=O) groups excluding carboxylic acids is 1. The van der Waals surface area contributed by atoms with Crippen LogP contribution in [0.3, 0.4) is 0 Å². The number of amides is 1. The average molecular weight is 404 g/mol. The van der Waals surface area contributed by atoms with Crippen molar-refractivity contribution in [1.29, 1.82) is 0 Å². The molecule has 0 aliphatic heterocycles. The summed E-state index contributed by atoms with van der Waals surface area (Å²) in [4.78, 5) is 12.3. The van der Waals surface area contributed by atoms with Gasteiger partial charge >= 0.3 is 0 Å². The topological polar surface area (TPSA) is 99.1 Å². The van der Waals surface area contributed by atoms with Crippen molar-refractivity contribution in [3.8, 4) is 5.75 Å². The van der Waals surface area contributed by atoms with Gasteiger partial charge in [0.25, 0.3) is 5.91 Å².